The van der Waals surface area contributed by atoms with Crippen LogP contribution in [0.3, 0.4) is 0 Å². The van der Waals surface area contributed by atoms with Crippen LogP contribution in [0.2, 0.25) is 0 Å². The van der Waals surface area contributed by atoms with Crippen molar-refractivity contribution >= 4 is 53.2 Å². The lowest BCUT2D eigenvalue weighted by atomic mass is 10.2. The summed E-state index contributed by atoms with van der Waals surface area (Å²) in [6.45, 7) is 0. The normalized spacial score (nSPS) is 10.2. The van der Waals surface area contributed by atoms with Gasteiger partial charge in [0.2, 0.25) is 0 Å². The van der Waals surface area contributed by atoms with E-state index in [1.165, 1.54) is 55.5 Å². The molecule has 126 valence electrons. The summed E-state index contributed by atoms with van der Waals surface area (Å²) in [6, 6.07) is 14.6. The third kappa shape index (κ3) is 5.14. The highest BCUT2D eigenvalue weighted by atomic mass is 33.7. The second kappa shape index (κ2) is 9.93. The molecule has 2 rings (SSSR count). The Labute approximate surface area is 155 Å². The molecular formula is C16H14O4S4. The number of ether oxygens (including phenoxy) is 2. The number of carbonyl (C=O) groups is 2. The summed E-state index contributed by atoms with van der Waals surface area (Å²) in [6.07, 6.45) is 0. The first-order valence-corrected chi connectivity index (χ1v) is 11.5. The molecule has 0 aliphatic rings. The Bertz CT molecular complexity index is 659. The van der Waals surface area contributed by atoms with Gasteiger partial charge in [0.1, 0.15) is 0 Å². The Hall–Kier alpha value is -1.22. The third-order valence-corrected chi connectivity index (χ3v) is 9.00. The maximum absolute atomic E-state index is 11.7. The standard InChI is InChI=1S/C16H14O4S4/c1-19-15(17)11-7-3-5-9-13(11)21-23-24-22-14-10-6-4-8-12(14)16(18)20-2/h3-10H,1-2H3. The predicted molar refractivity (Wildman–Crippen MR) is 102 cm³/mol. The molecule has 0 amide bonds. The van der Waals surface area contributed by atoms with Crippen LogP contribution >= 0.6 is 41.2 Å². The molecule has 2 aromatic rings. The van der Waals surface area contributed by atoms with Crippen LogP contribution in [0.25, 0.3) is 0 Å². The van der Waals surface area contributed by atoms with Crippen molar-refractivity contribution in [2.45, 2.75) is 9.79 Å². The number of carbonyl (C=O) groups excluding carboxylic acids is 2. The Balaban J connectivity index is 1.95. The minimum Gasteiger partial charge on any atom is -0.465 e. The van der Waals surface area contributed by atoms with Crippen LogP contribution in [0, 0.1) is 0 Å². The van der Waals surface area contributed by atoms with E-state index in [-0.39, 0.29) is 11.9 Å². The molecule has 0 bridgehead atoms. The first-order chi connectivity index (χ1) is 11.7. The van der Waals surface area contributed by atoms with Gasteiger partial charge < -0.3 is 9.47 Å². The molecule has 4 nitrogen and oxygen atoms in total. The van der Waals surface area contributed by atoms with E-state index >= 15 is 0 Å². The molecule has 24 heavy (non-hydrogen) atoms. The van der Waals surface area contributed by atoms with Gasteiger partial charge in [-0.25, -0.2) is 9.59 Å². The minimum absolute atomic E-state index is 0.354. The van der Waals surface area contributed by atoms with Gasteiger partial charge in [-0.1, -0.05) is 24.3 Å². The molecule has 0 saturated carbocycles. The largest absolute Gasteiger partial charge is 0.465 e. The highest BCUT2D eigenvalue weighted by Crippen LogP contribution is 2.50. The van der Waals surface area contributed by atoms with Crippen LogP contribution in [-0.2, 0) is 9.47 Å². The van der Waals surface area contributed by atoms with Crippen LogP contribution in [0.5, 0.6) is 0 Å². The van der Waals surface area contributed by atoms with Crippen LogP contribution in [-0.4, -0.2) is 26.2 Å². The topological polar surface area (TPSA) is 52.6 Å². The van der Waals surface area contributed by atoms with Gasteiger partial charge in [0.05, 0.1) is 25.3 Å². The molecule has 0 N–H and O–H groups in total. The Morgan fingerprint density at radius 1 is 0.708 bits per heavy atom. The second-order valence-corrected chi connectivity index (χ2v) is 10.0. The number of esters is 2. The zero-order valence-corrected chi connectivity index (χ0v) is 16.2. The van der Waals surface area contributed by atoms with Gasteiger partial charge in [-0.2, -0.15) is 0 Å². The van der Waals surface area contributed by atoms with Crippen molar-refractivity contribution in [3.05, 3.63) is 59.7 Å². The van der Waals surface area contributed by atoms with Gasteiger partial charge in [0, 0.05) is 9.79 Å². The zero-order valence-electron chi connectivity index (χ0n) is 12.9. The van der Waals surface area contributed by atoms with Crippen molar-refractivity contribution in [3.63, 3.8) is 0 Å². The quantitative estimate of drug-likeness (QED) is 0.351. The summed E-state index contributed by atoms with van der Waals surface area (Å²) in [7, 11) is 8.69. The fourth-order valence-electron chi connectivity index (χ4n) is 1.74. The van der Waals surface area contributed by atoms with Gasteiger partial charge >= 0.3 is 11.9 Å². The van der Waals surface area contributed by atoms with E-state index in [9.17, 15) is 9.59 Å². The average Bonchev–Trinajstić information content (AvgIpc) is 2.64. The number of benzene rings is 2. The van der Waals surface area contributed by atoms with Gasteiger partial charge in [-0.05, 0) is 65.5 Å². The maximum Gasteiger partial charge on any atom is 0.339 e. The summed E-state index contributed by atoms with van der Waals surface area (Å²) >= 11 is 0. The van der Waals surface area contributed by atoms with Gasteiger partial charge in [-0.3, -0.25) is 0 Å². The molecule has 0 aliphatic heterocycles. The number of rotatable bonds is 7. The van der Waals surface area contributed by atoms with Crippen molar-refractivity contribution in [1.82, 2.24) is 0 Å². The molecule has 8 heteroatoms. The maximum atomic E-state index is 11.7. The van der Waals surface area contributed by atoms with E-state index in [1.54, 1.807) is 24.3 Å². The monoisotopic (exact) mass is 398 g/mol. The van der Waals surface area contributed by atoms with Crippen molar-refractivity contribution in [1.29, 1.82) is 0 Å². The molecule has 0 spiro atoms. The van der Waals surface area contributed by atoms with Crippen molar-refractivity contribution in [2.24, 2.45) is 0 Å². The third-order valence-electron chi connectivity index (χ3n) is 2.86. The second-order valence-electron chi connectivity index (χ2n) is 4.28. The molecule has 0 radical (unpaired) electrons. The number of hydrogen-bond acceptors (Lipinski definition) is 8. The van der Waals surface area contributed by atoms with E-state index in [1.807, 2.05) is 24.3 Å². The fraction of sp³-hybridized carbons (Fsp3) is 0.125. The lowest BCUT2D eigenvalue weighted by molar-refractivity contribution is 0.0588. The SMILES string of the molecule is COC(=O)c1ccccc1SSSSc1ccccc1C(=O)OC. The lowest BCUT2D eigenvalue weighted by Gasteiger charge is -2.07. The Morgan fingerprint density at radius 2 is 1.08 bits per heavy atom. The Kier molecular flexibility index (Phi) is 7.90. The van der Waals surface area contributed by atoms with Crippen molar-refractivity contribution in [2.75, 3.05) is 14.2 Å². The summed E-state index contributed by atoms with van der Waals surface area (Å²) in [5.41, 5.74) is 1.08. The van der Waals surface area contributed by atoms with Crippen LogP contribution in [0.15, 0.2) is 58.3 Å². The minimum atomic E-state index is -0.354. The molecule has 0 atom stereocenters. The molecule has 0 unspecified atom stereocenters. The zero-order chi connectivity index (χ0) is 17.4. The first-order valence-electron chi connectivity index (χ1n) is 6.70. The highest BCUT2D eigenvalue weighted by molar-refractivity contribution is 9.26. The molecule has 2 aromatic carbocycles. The van der Waals surface area contributed by atoms with Crippen LogP contribution < -0.4 is 0 Å². The van der Waals surface area contributed by atoms with Crippen molar-refractivity contribution < 1.29 is 19.1 Å². The summed E-state index contributed by atoms with van der Waals surface area (Å²) < 4.78 is 9.56. The molecule has 0 fully saturated rings. The van der Waals surface area contributed by atoms with Gasteiger partial charge in [-0.15, -0.1) is 0 Å². The fourth-order valence-corrected chi connectivity index (χ4v) is 7.49. The van der Waals surface area contributed by atoms with Gasteiger partial charge in [0.25, 0.3) is 0 Å². The van der Waals surface area contributed by atoms with Crippen molar-refractivity contribution in [3.8, 4) is 0 Å². The molecule has 0 aromatic heterocycles. The van der Waals surface area contributed by atoms with E-state index < -0.39 is 0 Å². The lowest BCUT2D eigenvalue weighted by Crippen LogP contribution is -2.02. The molecule has 0 aliphatic carbocycles. The van der Waals surface area contributed by atoms with Gasteiger partial charge in [0.15, 0.2) is 0 Å². The predicted octanol–water partition coefficient (Wildman–Crippen LogP) is 5.36. The summed E-state index contributed by atoms with van der Waals surface area (Å²) in [5, 5.41) is 0. The molecule has 0 saturated heterocycles. The summed E-state index contributed by atoms with van der Waals surface area (Å²) in [5.74, 6) is -0.709. The van der Waals surface area contributed by atoms with E-state index in [0.717, 1.165) is 9.79 Å². The Morgan fingerprint density at radius 3 is 1.46 bits per heavy atom. The van der Waals surface area contributed by atoms with Crippen LogP contribution in [0.1, 0.15) is 20.7 Å². The molecule has 0 heterocycles. The number of hydrogen-bond donors (Lipinski definition) is 0. The average molecular weight is 399 g/mol. The van der Waals surface area contributed by atoms with E-state index in [4.69, 9.17) is 9.47 Å². The van der Waals surface area contributed by atoms with E-state index in [0.29, 0.717) is 11.1 Å². The molecular weight excluding hydrogens is 384 g/mol. The van der Waals surface area contributed by atoms with Crippen LogP contribution in [0.4, 0.5) is 0 Å². The number of methoxy groups -OCH3 is 2. The first kappa shape index (κ1) is 19.1. The summed E-state index contributed by atoms with van der Waals surface area (Å²) in [4.78, 5) is 25.1. The van der Waals surface area contributed by atoms with E-state index in [2.05, 4.69) is 0 Å². The smallest absolute Gasteiger partial charge is 0.339 e. The highest BCUT2D eigenvalue weighted by Gasteiger charge is 2.14.